The molecular weight excluding hydrogens is 251 g/mol. The first kappa shape index (κ1) is 13.6. The monoisotopic (exact) mass is 265 g/mol. The summed E-state index contributed by atoms with van der Waals surface area (Å²) < 4.78 is 39.7. The van der Waals surface area contributed by atoms with Crippen LogP contribution in [0.1, 0.15) is 29.7 Å². The number of benzene rings is 2. The van der Waals surface area contributed by atoms with Gasteiger partial charge in [0.05, 0.1) is 6.04 Å². The Morgan fingerprint density at radius 3 is 2.16 bits per heavy atom. The van der Waals surface area contributed by atoms with Crippen LogP contribution in [0.2, 0.25) is 0 Å². The molecule has 2 rings (SSSR count). The van der Waals surface area contributed by atoms with Gasteiger partial charge >= 0.3 is 0 Å². The Labute approximate surface area is 109 Å². The third kappa shape index (κ3) is 2.63. The molecule has 0 bridgehead atoms. The average Bonchev–Trinajstić information content (AvgIpc) is 2.44. The minimum Gasteiger partial charge on any atom is -0.320 e. The Kier molecular flexibility index (Phi) is 3.90. The molecule has 0 aromatic heterocycles. The standard InChI is InChI=1S/C15H14F3N/c1-2-9-3-5-10(6-4-9)15(19)11-7-8-12(16)14(18)13(11)17/h3-8,15H,2,19H2,1H3. The largest absolute Gasteiger partial charge is 0.320 e. The van der Waals surface area contributed by atoms with Gasteiger partial charge in [-0.05, 0) is 23.6 Å². The molecule has 0 aliphatic carbocycles. The number of nitrogens with two attached hydrogens (primary N) is 1. The van der Waals surface area contributed by atoms with Crippen LogP contribution in [0, 0.1) is 17.5 Å². The Morgan fingerprint density at radius 1 is 0.947 bits per heavy atom. The average molecular weight is 265 g/mol. The molecule has 2 aromatic carbocycles. The molecule has 2 aromatic rings. The molecular formula is C15H14F3N. The second-order valence-electron chi connectivity index (χ2n) is 4.34. The number of hydrogen-bond acceptors (Lipinski definition) is 1. The molecule has 0 fully saturated rings. The summed E-state index contributed by atoms with van der Waals surface area (Å²) >= 11 is 0. The lowest BCUT2D eigenvalue weighted by molar-refractivity contribution is 0.438. The molecule has 0 saturated heterocycles. The van der Waals surface area contributed by atoms with E-state index in [-0.39, 0.29) is 5.56 Å². The van der Waals surface area contributed by atoms with E-state index in [4.69, 9.17) is 5.73 Å². The first-order valence-electron chi connectivity index (χ1n) is 6.02. The highest BCUT2D eigenvalue weighted by molar-refractivity contribution is 5.34. The maximum absolute atomic E-state index is 13.6. The van der Waals surface area contributed by atoms with Crippen LogP contribution < -0.4 is 5.73 Å². The fourth-order valence-electron chi connectivity index (χ4n) is 1.92. The van der Waals surface area contributed by atoms with Gasteiger partial charge in [0.15, 0.2) is 17.5 Å². The smallest absolute Gasteiger partial charge is 0.194 e. The summed E-state index contributed by atoms with van der Waals surface area (Å²) in [6.45, 7) is 2.02. The van der Waals surface area contributed by atoms with Crippen molar-refractivity contribution in [2.24, 2.45) is 5.73 Å². The van der Waals surface area contributed by atoms with E-state index < -0.39 is 23.5 Å². The summed E-state index contributed by atoms with van der Waals surface area (Å²) in [5.41, 5.74) is 7.63. The van der Waals surface area contributed by atoms with Crippen LogP contribution in [-0.2, 0) is 6.42 Å². The highest BCUT2D eigenvalue weighted by atomic mass is 19.2. The van der Waals surface area contributed by atoms with Gasteiger partial charge in [0.25, 0.3) is 0 Å². The van der Waals surface area contributed by atoms with Crippen LogP contribution in [0.25, 0.3) is 0 Å². The Morgan fingerprint density at radius 2 is 1.58 bits per heavy atom. The second-order valence-corrected chi connectivity index (χ2v) is 4.34. The highest BCUT2D eigenvalue weighted by Gasteiger charge is 2.19. The molecule has 1 unspecified atom stereocenters. The third-order valence-corrected chi connectivity index (χ3v) is 3.15. The molecule has 0 saturated carbocycles. The van der Waals surface area contributed by atoms with E-state index in [0.29, 0.717) is 5.56 Å². The minimum absolute atomic E-state index is 0.0526. The number of aryl methyl sites for hydroxylation is 1. The van der Waals surface area contributed by atoms with Crippen molar-refractivity contribution < 1.29 is 13.2 Å². The molecule has 19 heavy (non-hydrogen) atoms. The summed E-state index contributed by atoms with van der Waals surface area (Å²) in [6, 6.07) is 8.54. The Balaban J connectivity index is 2.38. The van der Waals surface area contributed by atoms with Gasteiger partial charge in [-0.1, -0.05) is 37.3 Å². The first-order valence-corrected chi connectivity index (χ1v) is 6.02. The molecule has 0 aliphatic rings. The van der Waals surface area contributed by atoms with Crippen molar-refractivity contribution in [1.82, 2.24) is 0 Å². The zero-order chi connectivity index (χ0) is 14.0. The van der Waals surface area contributed by atoms with Gasteiger partial charge in [-0.25, -0.2) is 13.2 Å². The van der Waals surface area contributed by atoms with Gasteiger partial charge in [-0.15, -0.1) is 0 Å². The van der Waals surface area contributed by atoms with E-state index in [1.807, 2.05) is 19.1 Å². The molecule has 0 spiro atoms. The summed E-state index contributed by atoms with van der Waals surface area (Å²) in [5, 5.41) is 0. The van der Waals surface area contributed by atoms with Crippen LogP contribution in [0.4, 0.5) is 13.2 Å². The number of hydrogen-bond donors (Lipinski definition) is 1. The van der Waals surface area contributed by atoms with E-state index in [0.717, 1.165) is 18.1 Å². The van der Waals surface area contributed by atoms with E-state index in [2.05, 4.69) is 0 Å². The van der Waals surface area contributed by atoms with Crippen molar-refractivity contribution in [3.63, 3.8) is 0 Å². The van der Waals surface area contributed by atoms with Gasteiger partial charge in [-0.2, -0.15) is 0 Å². The van der Waals surface area contributed by atoms with Crippen LogP contribution in [-0.4, -0.2) is 0 Å². The van der Waals surface area contributed by atoms with Crippen molar-refractivity contribution in [2.45, 2.75) is 19.4 Å². The number of halogens is 3. The summed E-state index contributed by atoms with van der Waals surface area (Å²) in [4.78, 5) is 0. The Bertz CT molecular complexity index is 579. The molecule has 0 heterocycles. The summed E-state index contributed by atoms with van der Waals surface area (Å²) in [7, 11) is 0. The maximum Gasteiger partial charge on any atom is 0.194 e. The van der Waals surface area contributed by atoms with Crippen LogP contribution in [0.3, 0.4) is 0 Å². The Hall–Kier alpha value is -1.81. The SMILES string of the molecule is CCc1ccc(C(N)c2ccc(F)c(F)c2F)cc1. The second kappa shape index (κ2) is 5.45. The summed E-state index contributed by atoms with van der Waals surface area (Å²) in [6.07, 6.45) is 0.884. The van der Waals surface area contributed by atoms with Gasteiger partial charge in [-0.3, -0.25) is 0 Å². The fraction of sp³-hybridized carbons (Fsp3) is 0.200. The lowest BCUT2D eigenvalue weighted by Gasteiger charge is -2.14. The molecule has 2 N–H and O–H groups in total. The molecule has 0 amide bonds. The predicted octanol–water partition coefficient (Wildman–Crippen LogP) is 3.71. The van der Waals surface area contributed by atoms with Gasteiger partial charge in [0.2, 0.25) is 0 Å². The normalized spacial score (nSPS) is 12.5. The molecule has 0 aliphatic heterocycles. The van der Waals surface area contributed by atoms with Crippen molar-refractivity contribution in [3.05, 3.63) is 70.5 Å². The molecule has 1 nitrogen and oxygen atoms in total. The van der Waals surface area contributed by atoms with Gasteiger partial charge in [0, 0.05) is 5.56 Å². The van der Waals surface area contributed by atoms with Crippen molar-refractivity contribution >= 4 is 0 Å². The highest BCUT2D eigenvalue weighted by Crippen LogP contribution is 2.25. The first-order chi connectivity index (χ1) is 9.04. The summed E-state index contributed by atoms with van der Waals surface area (Å²) in [5.74, 6) is -3.93. The molecule has 4 heteroatoms. The van der Waals surface area contributed by atoms with Crippen molar-refractivity contribution in [2.75, 3.05) is 0 Å². The molecule has 1 atom stereocenters. The predicted molar refractivity (Wildman–Crippen MR) is 68.2 cm³/mol. The van der Waals surface area contributed by atoms with E-state index in [1.54, 1.807) is 12.1 Å². The van der Waals surface area contributed by atoms with E-state index in [1.165, 1.54) is 6.07 Å². The zero-order valence-electron chi connectivity index (χ0n) is 10.5. The van der Waals surface area contributed by atoms with E-state index in [9.17, 15) is 13.2 Å². The van der Waals surface area contributed by atoms with E-state index >= 15 is 0 Å². The van der Waals surface area contributed by atoms with Crippen molar-refractivity contribution in [1.29, 1.82) is 0 Å². The van der Waals surface area contributed by atoms with Crippen molar-refractivity contribution in [3.8, 4) is 0 Å². The lowest BCUT2D eigenvalue weighted by atomic mass is 9.97. The van der Waals surface area contributed by atoms with Crippen LogP contribution in [0.5, 0.6) is 0 Å². The molecule has 0 radical (unpaired) electrons. The van der Waals surface area contributed by atoms with Crippen LogP contribution >= 0.6 is 0 Å². The zero-order valence-corrected chi connectivity index (χ0v) is 10.5. The topological polar surface area (TPSA) is 26.0 Å². The van der Waals surface area contributed by atoms with Gasteiger partial charge in [0.1, 0.15) is 0 Å². The third-order valence-electron chi connectivity index (χ3n) is 3.15. The minimum atomic E-state index is -1.49. The lowest BCUT2D eigenvalue weighted by Crippen LogP contribution is -2.15. The van der Waals surface area contributed by atoms with Crippen LogP contribution in [0.15, 0.2) is 36.4 Å². The maximum atomic E-state index is 13.6. The quantitative estimate of drug-likeness (QED) is 0.841. The van der Waals surface area contributed by atoms with Gasteiger partial charge < -0.3 is 5.73 Å². The fourth-order valence-corrected chi connectivity index (χ4v) is 1.92. The molecule has 100 valence electrons. The number of rotatable bonds is 3.